The second-order valence-electron chi connectivity index (χ2n) is 6.16. The first-order valence-electron chi connectivity index (χ1n) is 6.85. The summed E-state index contributed by atoms with van der Waals surface area (Å²) in [5.41, 5.74) is 0. The monoisotopic (exact) mass is 282 g/mol. The Morgan fingerprint density at radius 1 is 1.32 bits per heavy atom. The second kappa shape index (κ2) is 5.24. The molecular formula is C14H23N2O2P. The average molecular weight is 282 g/mol. The van der Waals surface area contributed by atoms with Gasteiger partial charge in [0.25, 0.3) is 0 Å². The van der Waals surface area contributed by atoms with Gasteiger partial charge in [-0.05, 0) is 38.5 Å². The maximum atomic E-state index is 12.3. The first-order valence-corrected chi connectivity index (χ1v) is 9.46. The van der Waals surface area contributed by atoms with E-state index >= 15 is 0 Å². The molecule has 5 heteroatoms. The quantitative estimate of drug-likeness (QED) is 0.749. The summed E-state index contributed by atoms with van der Waals surface area (Å²) in [5.74, 6) is 2.04. The number of hydrogen-bond donors (Lipinski definition) is 0. The van der Waals surface area contributed by atoms with Crippen molar-refractivity contribution >= 4 is 7.14 Å². The summed E-state index contributed by atoms with van der Waals surface area (Å²) in [6.07, 6.45) is 6.30. The van der Waals surface area contributed by atoms with Crippen molar-refractivity contribution in [1.82, 2.24) is 9.97 Å². The van der Waals surface area contributed by atoms with Gasteiger partial charge in [0.05, 0.1) is 31.3 Å². The van der Waals surface area contributed by atoms with Crippen LogP contribution in [0.4, 0.5) is 0 Å². The fourth-order valence-corrected chi connectivity index (χ4v) is 3.95. The number of hydrogen-bond acceptors (Lipinski definition) is 4. The molecular weight excluding hydrogens is 259 g/mol. The first-order chi connectivity index (χ1) is 8.85. The highest BCUT2D eigenvalue weighted by molar-refractivity contribution is 7.63. The number of rotatable bonds is 6. The van der Waals surface area contributed by atoms with Gasteiger partial charge in [0, 0.05) is 0 Å². The molecule has 0 bridgehead atoms. The van der Waals surface area contributed by atoms with Crippen molar-refractivity contribution in [1.29, 1.82) is 0 Å². The lowest BCUT2D eigenvalue weighted by Gasteiger charge is -2.18. The van der Waals surface area contributed by atoms with E-state index in [4.69, 9.17) is 4.74 Å². The second-order valence-corrected chi connectivity index (χ2v) is 9.71. The largest absolute Gasteiger partial charge is 0.490 e. The summed E-state index contributed by atoms with van der Waals surface area (Å²) >= 11 is 0. The molecule has 1 fully saturated rings. The van der Waals surface area contributed by atoms with Gasteiger partial charge in [0.15, 0.2) is 5.75 Å². The van der Waals surface area contributed by atoms with Crippen molar-refractivity contribution in [3.63, 3.8) is 0 Å². The van der Waals surface area contributed by atoms with E-state index in [1.54, 1.807) is 12.4 Å². The molecule has 1 aromatic rings. The Kier molecular flexibility index (Phi) is 4.00. The minimum Gasteiger partial charge on any atom is -0.490 e. The van der Waals surface area contributed by atoms with Gasteiger partial charge in [0.2, 0.25) is 0 Å². The molecule has 1 heterocycles. The van der Waals surface area contributed by atoms with Crippen molar-refractivity contribution in [3.05, 3.63) is 18.2 Å². The number of nitrogens with zero attached hydrogens (tertiary/aromatic N) is 2. The van der Waals surface area contributed by atoms with Crippen molar-refractivity contribution in [2.24, 2.45) is 5.92 Å². The summed E-state index contributed by atoms with van der Waals surface area (Å²) in [6.45, 7) is 8.68. The Morgan fingerprint density at radius 2 is 1.89 bits per heavy atom. The molecule has 0 unspecified atom stereocenters. The molecule has 4 nitrogen and oxygen atoms in total. The van der Waals surface area contributed by atoms with Crippen LogP contribution in [-0.4, -0.2) is 29.9 Å². The molecule has 0 amide bonds. The van der Waals surface area contributed by atoms with Gasteiger partial charge in [-0.3, -0.25) is 0 Å². The molecule has 0 atom stereocenters. The predicted octanol–water partition coefficient (Wildman–Crippen LogP) is 3.51. The van der Waals surface area contributed by atoms with E-state index in [2.05, 4.69) is 23.8 Å². The van der Waals surface area contributed by atoms with Gasteiger partial charge in [-0.15, -0.1) is 0 Å². The summed E-state index contributed by atoms with van der Waals surface area (Å²) in [4.78, 5) is 8.74. The molecule has 1 saturated carbocycles. The van der Waals surface area contributed by atoms with Crippen LogP contribution in [-0.2, 0) is 9.72 Å². The highest BCUT2D eigenvalue weighted by Gasteiger charge is 2.56. The van der Waals surface area contributed by atoms with Gasteiger partial charge >= 0.3 is 0 Å². The summed E-state index contributed by atoms with van der Waals surface area (Å²) in [7, 11) is -2.19. The van der Waals surface area contributed by atoms with Gasteiger partial charge in [-0.1, -0.05) is 13.8 Å². The van der Waals surface area contributed by atoms with Gasteiger partial charge in [-0.2, -0.15) is 0 Å². The van der Waals surface area contributed by atoms with Crippen molar-refractivity contribution in [2.75, 3.05) is 19.9 Å². The van der Waals surface area contributed by atoms with Gasteiger partial charge in [-0.25, -0.2) is 9.97 Å². The fraction of sp³-hybridized carbons (Fsp3) is 0.714. The minimum absolute atomic E-state index is 0.260. The van der Waals surface area contributed by atoms with Crippen LogP contribution < -0.4 is 4.74 Å². The van der Waals surface area contributed by atoms with Gasteiger partial charge in [0.1, 0.15) is 5.82 Å². The topological polar surface area (TPSA) is 52.1 Å². The maximum absolute atomic E-state index is 12.3. The van der Waals surface area contributed by atoms with Crippen molar-refractivity contribution in [2.45, 2.75) is 38.3 Å². The lowest BCUT2D eigenvalue weighted by atomic mass is 10.1. The lowest BCUT2D eigenvalue weighted by molar-refractivity contribution is 0.287. The summed E-state index contributed by atoms with van der Waals surface area (Å²) < 4.78 is 17.9. The number of aromatic nitrogens is 2. The fourth-order valence-electron chi connectivity index (χ4n) is 2.16. The molecule has 1 aromatic heterocycles. The van der Waals surface area contributed by atoms with E-state index in [0.717, 1.165) is 25.1 Å². The standard InChI is InChI=1S/C14H23N2O2P/c1-11(2)5-8-18-12-9-15-13(16-10-12)14(6-7-14)19(3,4)17/h9-11H,5-8H2,1-4H3. The molecule has 2 rings (SSSR count). The van der Waals surface area contributed by atoms with Crippen LogP contribution in [0.1, 0.15) is 38.9 Å². The number of ether oxygens (including phenoxy) is 1. The van der Waals surface area contributed by atoms with Crippen LogP contribution in [0, 0.1) is 5.92 Å². The molecule has 0 saturated heterocycles. The zero-order valence-corrected chi connectivity index (χ0v) is 13.1. The van der Waals surface area contributed by atoms with E-state index < -0.39 is 7.14 Å². The first kappa shape index (κ1) is 14.5. The zero-order valence-electron chi connectivity index (χ0n) is 12.2. The maximum Gasteiger partial charge on any atom is 0.155 e. The SMILES string of the molecule is CC(C)CCOc1cnc(C2(P(C)(C)=O)CC2)nc1. The molecule has 1 aliphatic carbocycles. The van der Waals surface area contributed by atoms with Gasteiger partial charge < -0.3 is 9.30 Å². The third kappa shape index (κ3) is 3.17. The third-order valence-electron chi connectivity index (χ3n) is 3.76. The normalized spacial score (nSPS) is 17.5. The molecule has 19 heavy (non-hydrogen) atoms. The molecule has 0 spiro atoms. The minimum atomic E-state index is -2.19. The van der Waals surface area contributed by atoms with Crippen LogP contribution in [0.3, 0.4) is 0 Å². The summed E-state index contributed by atoms with van der Waals surface area (Å²) in [5, 5.41) is -0.260. The average Bonchev–Trinajstić information content (AvgIpc) is 3.10. The lowest BCUT2D eigenvalue weighted by Crippen LogP contribution is -2.11. The Hall–Kier alpha value is -0.890. The Balaban J connectivity index is 2.02. The van der Waals surface area contributed by atoms with Crippen molar-refractivity contribution in [3.8, 4) is 5.75 Å². The molecule has 1 aliphatic rings. The van der Waals surface area contributed by atoms with E-state index in [0.29, 0.717) is 18.3 Å². The zero-order chi connectivity index (χ0) is 14.1. The third-order valence-corrected chi connectivity index (χ3v) is 6.47. The highest BCUT2D eigenvalue weighted by atomic mass is 31.2. The Morgan fingerprint density at radius 3 is 2.32 bits per heavy atom. The van der Waals surface area contributed by atoms with E-state index in [9.17, 15) is 4.57 Å². The van der Waals surface area contributed by atoms with Crippen molar-refractivity contribution < 1.29 is 9.30 Å². The smallest absolute Gasteiger partial charge is 0.155 e. The predicted molar refractivity (Wildman–Crippen MR) is 77.3 cm³/mol. The van der Waals surface area contributed by atoms with E-state index in [1.165, 1.54) is 0 Å². The molecule has 0 aliphatic heterocycles. The van der Waals surface area contributed by atoms with Crippen LogP contribution in [0.25, 0.3) is 0 Å². The molecule has 106 valence electrons. The van der Waals surface area contributed by atoms with Crippen LogP contribution in [0.15, 0.2) is 12.4 Å². The Bertz CT molecular complexity index is 475. The Labute approximate surface area is 115 Å². The molecule has 0 radical (unpaired) electrons. The van der Waals surface area contributed by atoms with Crippen LogP contribution >= 0.6 is 7.14 Å². The van der Waals surface area contributed by atoms with E-state index in [-0.39, 0.29) is 5.16 Å². The molecule has 0 aromatic carbocycles. The van der Waals surface area contributed by atoms with Crippen LogP contribution in [0.5, 0.6) is 5.75 Å². The highest BCUT2D eigenvalue weighted by Crippen LogP contribution is 2.71. The molecule has 0 N–H and O–H groups in total. The van der Waals surface area contributed by atoms with E-state index in [1.807, 2.05) is 13.3 Å². The summed E-state index contributed by atoms with van der Waals surface area (Å²) in [6, 6.07) is 0. The van der Waals surface area contributed by atoms with Crippen LogP contribution in [0.2, 0.25) is 0 Å².